The molecule has 13 heavy (non-hydrogen) atoms. The quantitative estimate of drug-likeness (QED) is 0.316. The van der Waals surface area contributed by atoms with Crippen LogP contribution in [0.15, 0.2) is 5.18 Å². The normalized spacial score (nSPS) is 24.4. The first-order valence-electron chi connectivity index (χ1n) is 3.34. The predicted molar refractivity (Wildman–Crippen MR) is 36.6 cm³/mol. The molecule has 1 aliphatic heterocycles. The molecule has 0 saturated carbocycles. The Labute approximate surface area is 71.6 Å². The molecule has 1 fully saturated rings. The lowest BCUT2D eigenvalue weighted by atomic mass is 10.1. The number of carbonyl (C=O) groups is 3. The maximum absolute atomic E-state index is 10.9. The molecule has 7 heteroatoms. The van der Waals surface area contributed by atoms with E-state index in [1.807, 2.05) is 0 Å². The van der Waals surface area contributed by atoms with Gasteiger partial charge in [-0.1, -0.05) is 5.18 Å². The first kappa shape index (κ1) is 9.46. The number of ketones is 2. The molecule has 2 atom stereocenters. The Kier molecular flexibility index (Phi) is 2.47. The van der Waals surface area contributed by atoms with E-state index in [1.54, 1.807) is 0 Å². The minimum absolute atomic E-state index is 0.750. The molecular weight excluding hydrogens is 182 g/mol. The largest absolute Gasteiger partial charge is 0.445 e. The van der Waals surface area contributed by atoms with Gasteiger partial charge in [0.25, 0.3) is 5.78 Å². The van der Waals surface area contributed by atoms with Crippen LogP contribution in [-0.4, -0.2) is 41.4 Å². The van der Waals surface area contributed by atoms with Gasteiger partial charge in [-0.3, -0.25) is 9.59 Å². The van der Waals surface area contributed by atoms with Crippen LogP contribution in [0.25, 0.3) is 0 Å². The van der Waals surface area contributed by atoms with Crippen LogP contribution in [0, 0.1) is 4.91 Å². The summed E-state index contributed by atoms with van der Waals surface area (Å²) in [4.78, 5) is 42.0. The van der Waals surface area contributed by atoms with E-state index in [9.17, 15) is 19.3 Å². The summed E-state index contributed by atoms with van der Waals surface area (Å²) < 4.78 is 4.24. The van der Waals surface area contributed by atoms with Crippen molar-refractivity contribution in [2.75, 3.05) is 6.61 Å². The average molecular weight is 187 g/mol. The number of aliphatic hydroxyl groups excluding tert-OH is 1. The van der Waals surface area contributed by atoms with Gasteiger partial charge in [-0.05, 0) is 0 Å². The van der Waals surface area contributed by atoms with E-state index in [4.69, 9.17) is 5.11 Å². The zero-order valence-electron chi connectivity index (χ0n) is 6.30. The summed E-state index contributed by atoms with van der Waals surface area (Å²) in [6, 6.07) is -1.40. The second kappa shape index (κ2) is 3.40. The molecule has 0 amide bonds. The number of hydrogen-bond donors (Lipinski definition) is 1. The Morgan fingerprint density at radius 1 is 1.46 bits per heavy atom. The van der Waals surface area contributed by atoms with Crippen LogP contribution in [0.4, 0.5) is 0 Å². The van der Waals surface area contributed by atoms with Gasteiger partial charge in [-0.15, -0.1) is 0 Å². The highest BCUT2D eigenvalue weighted by molar-refractivity contribution is 6.65. The van der Waals surface area contributed by atoms with Gasteiger partial charge >= 0.3 is 11.8 Å². The van der Waals surface area contributed by atoms with Gasteiger partial charge in [0, 0.05) is 0 Å². The lowest BCUT2D eigenvalue weighted by molar-refractivity contribution is -0.149. The molecule has 1 saturated heterocycles. The highest BCUT2D eigenvalue weighted by atomic mass is 16.6. The van der Waals surface area contributed by atoms with Crippen molar-refractivity contribution in [3.05, 3.63) is 4.91 Å². The topological polar surface area (TPSA) is 110 Å². The monoisotopic (exact) mass is 187 g/mol. The molecule has 0 bridgehead atoms. The highest BCUT2D eigenvalue weighted by Crippen LogP contribution is 2.13. The Bertz CT molecular complexity index is 285. The number of esters is 1. The van der Waals surface area contributed by atoms with Crippen molar-refractivity contribution in [3.63, 3.8) is 0 Å². The molecule has 0 aliphatic carbocycles. The first-order chi connectivity index (χ1) is 6.11. The summed E-state index contributed by atoms with van der Waals surface area (Å²) in [5.74, 6) is -3.76. The van der Waals surface area contributed by atoms with Gasteiger partial charge in [0.2, 0.25) is 0 Å². The Morgan fingerprint density at radius 2 is 2.08 bits per heavy atom. The number of ether oxygens (including phenoxy) is 1. The number of nitroso groups, excluding NO2 is 1. The second-order valence-electron chi connectivity index (χ2n) is 2.37. The fourth-order valence-electron chi connectivity index (χ4n) is 0.890. The van der Waals surface area contributed by atoms with E-state index in [0.29, 0.717) is 0 Å². The SMILES string of the molecule is O=N[C@@H](CO)C1OC(=O)C(=O)C1=O. The number of cyclic esters (lactones) is 1. The molecule has 1 aliphatic rings. The van der Waals surface area contributed by atoms with Crippen molar-refractivity contribution in [3.8, 4) is 0 Å². The van der Waals surface area contributed by atoms with Crippen LogP contribution < -0.4 is 0 Å². The van der Waals surface area contributed by atoms with E-state index in [1.165, 1.54) is 0 Å². The molecule has 0 aromatic heterocycles. The van der Waals surface area contributed by atoms with E-state index < -0.39 is 36.3 Å². The molecule has 70 valence electrons. The summed E-state index contributed by atoms with van der Waals surface area (Å²) in [5, 5.41) is 10.9. The molecular formula is C6H5NO6. The minimum atomic E-state index is -1.55. The molecule has 7 nitrogen and oxygen atoms in total. The summed E-state index contributed by atoms with van der Waals surface area (Å²) >= 11 is 0. The number of hydrogen-bond acceptors (Lipinski definition) is 7. The third-order valence-electron chi connectivity index (χ3n) is 1.57. The number of rotatable bonds is 3. The van der Waals surface area contributed by atoms with Gasteiger partial charge in [0.1, 0.15) is 0 Å². The van der Waals surface area contributed by atoms with Crippen LogP contribution in [0.2, 0.25) is 0 Å². The smallest absolute Gasteiger partial charge is 0.383 e. The van der Waals surface area contributed by atoms with Crippen molar-refractivity contribution >= 4 is 17.5 Å². The number of Topliss-reactive ketones (excluding diaryl/α,β-unsaturated/α-hetero) is 2. The van der Waals surface area contributed by atoms with Gasteiger partial charge in [-0.2, -0.15) is 4.91 Å². The van der Waals surface area contributed by atoms with E-state index in [0.717, 1.165) is 0 Å². The molecule has 1 heterocycles. The second-order valence-corrected chi connectivity index (χ2v) is 2.37. The van der Waals surface area contributed by atoms with Gasteiger partial charge in [0.15, 0.2) is 12.1 Å². The molecule has 0 aromatic carbocycles. The predicted octanol–water partition coefficient (Wildman–Crippen LogP) is -1.82. The van der Waals surface area contributed by atoms with Crippen molar-refractivity contribution in [2.45, 2.75) is 12.1 Å². The first-order valence-corrected chi connectivity index (χ1v) is 3.34. The number of aliphatic hydroxyl groups is 1. The van der Waals surface area contributed by atoms with Crippen molar-refractivity contribution in [1.29, 1.82) is 0 Å². The summed E-state index contributed by atoms with van der Waals surface area (Å²) in [7, 11) is 0. The van der Waals surface area contributed by atoms with Crippen molar-refractivity contribution in [2.24, 2.45) is 5.18 Å². The third kappa shape index (κ3) is 1.45. The van der Waals surface area contributed by atoms with Crippen LogP contribution in [0.5, 0.6) is 0 Å². The van der Waals surface area contributed by atoms with Crippen molar-refractivity contribution in [1.82, 2.24) is 0 Å². The standard InChI is InChI=1S/C6H5NO6/c8-1-2(7-12)5-3(9)4(10)6(11)13-5/h2,5,8H,1H2/t2-,5?/m0/s1. The molecule has 0 radical (unpaired) electrons. The minimum Gasteiger partial charge on any atom is -0.445 e. The number of nitrogens with zero attached hydrogens (tertiary/aromatic N) is 1. The zero-order valence-corrected chi connectivity index (χ0v) is 6.30. The molecule has 0 spiro atoms. The van der Waals surface area contributed by atoms with Gasteiger partial charge in [-0.25, -0.2) is 4.79 Å². The van der Waals surface area contributed by atoms with E-state index >= 15 is 0 Å². The fourth-order valence-corrected chi connectivity index (χ4v) is 0.890. The van der Waals surface area contributed by atoms with Gasteiger partial charge in [0.05, 0.1) is 6.61 Å². The molecule has 1 rings (SSSR count). The highest BCUT2D eigenvalue weighted by Gasteiger charge is 2.46. The summed E-state index contributed by atoms with van der Waals surface area (Å²) in [5.41, 5.74) is 0. The fraction of sp³-hybridized carbons (Fsp3) is 0.500. The van der Waals surface area contributed by atoms with Crippen LogP contribution in [-0.2, 0) is 19.1 Å². The average Bonchev–Trinajstić information content (AvgIpc) is 2.36. The third-order valence-corrected chi connectivity index (χ3v) is 1.57. The maximum Gasteiger partial charge on any atom is 0.383 e. The zero-order chi connectivity index (χ0) is 10.0. The molecule has 1 unspecified atom stereocenters. The Hall–Kier alpha value is -1.63. The summed E-state index contributed by atoms with van der Waals surface area (Å²) in [6.07, 6.45) is -1.55. The van der Waals surface area contributed by atoms with E-state index in [2.05, 4.69) is 9.91 Å². The van der Waals surface area contributed by atoms with Crippen LogP contribution in [0.1, 0.15) is 0 Å². The van der Waals surface area contributed by atoms with E-state index in [-0.39, 0.29) is 0 Å². The van der Waals surface area contributed by atoms with Crippen LogP contribution >= 0.6 is 0 Å². The lowest BCUT2D eigenvalue weighted by Gasteiger charge is -2.09. The van der Waals surface area contributed by atoms with Crippen molar-refractivity contribution < 1.29 is 24.2 Å². The molecule has 1 N–H and O–H groups in total. The Morgan fingerprint density at radius 3 is 2.38 bits per heavy atom. The van der Waals surface area contributed by atoms with Crippen LogP contribution in [0.3, 0.4) is 0 Å². The maximum atomic E-state index is 10.9. The lowest BCUT2D eigenvalue weighted by Crippen LogP contribution is -2.34. The molecule has 0 aromatic rings. The van der Waals surface area contributed by atoms with Gasteiger partial charge < -0.3 is 9.84 Å². The Balaban J connectivity index is 2.84. The summed E-state index contributed by atoms with van der Waals surface area (Å²) in [6.45, 7) is -0.750. The number of carbonyl (C=O) groups excluding carboxylic acids is 3.